The van der Waals surface area contributed by atoms with Crippen molar-refractivity contribution in [1.29, 1.82) is 0 Å². The van der Waals surface area contributed by atoms with Crippen LogP contribution in [0.5, 0.6) is 0 Å². The molecule has 0 aliphatic heterocycles. The van der Waals surface area contributed by atoms with Crippen molar-refractivity contribution in [3.8, 4) is 0 Å². The fourth-order valence-electron chi connectivity index (χ4n) is 2.35. The molecule has 0 fully saturated rings. The largest absolute Gasteiger partial charge is 0.313 e. The molecule has 1 aromatic heterocycles. The first-order valence-corrected chi connectivity index (χ1v) is 7.99. The van der Waals surface area contributed by atoms with E-state index in [9.17, 15) is 4.39 Å². The molecule has 0 amide bonds. The van der Waals surface area contributed by atoms with Gasteiger partial charge in [-0.15, -0.1) is 0 Å². The minimum Gasteiger partial charge on any atom is -0.313 e. The van der Waals surface area contributed by atoms with Gasteiger partial charge in [0.15, 0.2) is 0 Å². The van der Waals surface area contributed by atoms with Gasteiger partial charge in [-0.05, 0) is 44.5 Å². The Hall–Kier alpha value is -1.20. The Kier molecular flexibility index (Phi) is 5.53. The van der Waals surface area contributed by atoms with Crippen molar-refractivity contribution in [2.75, 3.05) is 6.54 Å². The summed E-state index contributed by atoms with van der Waals surface area (Å²) in [5.74, 6) is -0.233. The van der Waals surface area contributed by atoms with Crippen molar-refractivity contribution < 1.29 is 4.39 Å². The Morgan fingerprint density at radius 1 is 1.33 bits per heavy atom. The lowest BCUT2D eigenvalue weighted by atomic mass is 10.2. The van der Waals surface area contributed by atoms with Gasteiger partial charge in [0.1, 0.15) is 5.82 Å². The smallest absolute Gasteiger partial charge is 0.124 e. The molecule has 0 saturated heterocycles. The second-order valence-electron chi connectivity index (χ2n) is 5.22. The molecule has 0 atom stereocenters. The van der Waals surface area contributed by atoms with Crippen LogP contribution in [0.25, 0.3) is 0 Å². The molecule has 1 heterocycles. The topological polar surface area (TPSA) is 29.9 Å². The van der Waals surface area contributed by atoms with Crippen LogP contribution in [0.3, 0.4) is 0 Å². The van der Waals surface area contributed by atoms with Crippen LogP contribution in [0.4, 0.5) is 4.39 Å². The number of benzene rings is 1. The van der Waals surface area contributed by atoms with Crippen molar-refractivity contribution in [2.45, 2.75) is 40.3 Å². The second-order valence-corrected chi connectivity index (χ2v) is 6.07. The zero-order chi connectivity index (χ0) is 15.4. The Balaban J connectivity index is 2.19. The minimum atomic E-state index is -0.233. The predicted molar refractivity (Wildman–Crippen MR) is 86.9 cm³/mol. The van der Waals surface area contributed by atoms with Crippen LogP contribution in [0, 0.1) is 19.7 Å². The van der Waals surface area contributed by atoms with Gasteiger partial charge >= 0.3 is 0 Å². The SMILES string of the molecule is CCCNCc1c(C)nn(Cc2ccc(F)cc2Br)c1C. The summed E-state index contributed by atoms with van der Waals surface area (Å²) < 4.78 is 15.9. The molecule has 0 bridgehead atoms. The molecule has 0 saturated carbocycles. The number of nitrogens with one attached hydrogen (secondary N) is 1. The maximum atomic E-state index is 13.1. The first-order valence-electron chi connectivity index (χ1n) is 7.20. The molecule has 1 aromatic carbocycles. The Morgan fingerprint density at radius 2 is 2.10 bits per heavy atom. The van der Waals surface area contributed by atoms with E-state index in [0.717, 1.165) is 40.9 Å². The first-order chi connectivity index (χ1) is 10.0. The molecular weight excluding hydrogens is 333 g/mol. The van der Waals surface area contributed by atoms with E-state index in [1.165, 1.54) is 17.7 Å². The summed E-state index contributed by atoms with van der Waals surface area (Å²) in [6.45, 7) is 8.76. The van der Waals surface area contributed by atoms with Crippen LogP contribution < -0.4 is 5.32 Å². The summed E-state index contributed by atoms with van der Waals surface area (Å²) in [5, 5.41) is 8.03. The van der Waals surface area contributed by atoms with Crippen molar-refractivity contribution in [3.05, 3.63) is 51.0 Å². The summed E-state index contributed by atoms with van der Waals surface area (Å²) in [6.07, 6.45) is 1.12. The number of nitrogens with zero attached hydrogens (tertiary/aromatic N) is 2. The van der Waals surface area contributed by atoms with Crippen LogP contribution >= 0.6 is 15.9 Å². The highest BCUT2D eigenvalue weighted by atomic mass is 79.9. The summed E-state index contributed by atoms with van der Waals surface area (Å²) in [5.41, 5.74) is 4.48. The van der Waals surface area contributed by atoms with Crippen molar-refractivity contribution >= 4 is 15.9 Å². The lowest BCUT2D eigenvalue weighted by Gasteiger charge is -2.08. The molecule has 0 aliphatic rings. The van der Waals surface area contributed by atoms with Crippen LogP contribution in [-0.4, -0.2) is 16.3 Å². The van der Waals surface area contributed by atoms with E-state index in [4.69, 9.17) is 0 Å². The molecule has 0 unspecified atom stereocenters. The number of halogens is 2. The number of aryl methyl sites for hydroxylation is 1. The van der Waals surface area contributed by atoms with Crippen molar-refractivity contribution in [1.82, 2.24) is 15.1 Å². The molecule has 0 aliphatic carbocycles. The summed E-state index contributed by atoms with van der Waals surface area (Å²) >= 11 is 3.41. The molecule has 114 valence electrons. The van der Waals surface area contributed by atoms with Gasteiger partial charge < -0.3 is 5.32 Å². The lowest BCUT2D eigenvalue weighted by Crippen LogP contribution is -2.15. The lowest BCUT2D eigenvalue weighted by molar-refractivity contribution is 0.620. The number of hydrogen-bond acceptors (Lipinski definition) is 2. The van der Waals surface area contributed by atoms with Crippen LogP contribution in [-0.2, 0) is 13.1 Å². The Bertz CT molecular complexity index is 622. The van der Waals surface area contributed by atoms with Gasteiger partial charge in [0.25, 0.3) is 0 Å². The second kappa shape index (κ2) is 7.18. The van der Waals surface area contributed by atoms with Crippen molar-refractivity contribution in [2.24, 2.45) is 0 Å². The average Bonchev–Trinajstić information content (AvgIpc) is 2.69. The summed E-state index contributed by atoms with van der Waals surface area (Å²) in [7, 11) is 0. The third kappa shape index (κ3) is 3.92. The maximum absolute atomic E-state index is 13.1. The van der Waals surface area contributed by atoms with E-state index in [0.29, 0.717) is 6.54 Å². The van der Waals surface area contributed by atoms with E-state index in [1.807, 2.05) is 11.6 Å². The molecule has 0 spiro atoms. The van der Waals surface area contributed by atoms with Gasteiger partial charge in [-0.3, -0.25) is 4.68 Å². The molecule has 3 nitrogen and oxygen atoms in total. The quantitative estimate of drug-likeness (QED) is 0.796. The highest BCUT2D eigenvalue weighted by Crippen LogP contribution is 2.21. The zero-order valence-corrected chi connectivity index (χ0v) is 14.3. The Morgan fingerprint density at radius 3 is 2.76 bits per heavy atom. The standard InChI is InChI=1S/C16H21BrFN3/c1-4-7-19-9-15-11(2)20-21(12(15)3)10-13-5-6-14(18)8-16(13)17/h5-6,8,19H,4,7,9-10H2,1-3H3. The normalized spacial score (nSPS) is 11.1. The van der Waals surface area contributed by atoms with Crippen LogP contribution in [0.1, 0.15) is 35.9 Å². The van der Waals surface area contributed by atoms with Gasteiger partial charge in [0, 0.05) is 22.3 Å². The van der Waals surface area contributed by atoms with E-state index >= 15 is 0 Å². The minimum absolute atomic E-state index is 0.233. The van der Waals surface area contributed by atoms with E-state index in [2.05, 4.69) is 40.2 Å². The molecule has 1 N–H and O–H groups in total. The third-order valence-electron chi connectivity index (χ3n) is 3.60. The Labute approximate surface area is 133 Å². The first kappa shape index (κ1) is 16.2. The van der Waals surface area contributed by atoms with Gasteiger partial charge in [-0.2, -0.15) is 5.10 Å². The summed E-state index contributed by atoms with van der Waals surface area (Å²) in [6, 6.07) is 4.77. The number of aromatic nitrogens is 2. The van der Waals surface area contributed by atoms with Crippen molar-refractivity contribution in [3.63, 3.8) is 0 Å². The van der Waals surface area contributed by atoms with Gasteiger partial charge in [-0.25, -0.2) is 4.39 Å². The highest BCUT2D eigenvalue weighted by molar-refractivity contribution is 9.10. The molecule has 5 heteroatoms. The number of hydrogen-bond donors (Lipinski definition) is 1. The average molecular weight is 354 g/mol. The van der Waals surface area contributed by atoms with E-state index in [-0.39, 0.29) is 5.82 Å². The number of rotatable bonds is 6. The van der Waals surface area contributed by atoms with Crippen LogP contribution in [0.2, 0.25) is 0 Å². The monoisotopic (exact) mass is 353 g/mol. The third-order valence-corrected chi connectivity index (χ3v) is 4.33. The molecule has 2 rings (SSSR count). The van der Waals surface area contributed by atoms with Gasteiger partial charge in [0.2, 0.25) is 0 Å². The fourth-order valence-corrected chi connectivity index (χ4v) is 2.82. The molecule has 21 heavy (non-hydrogen) atoms. The molecule has 2 aromatic rings. The highest BCUT2D eigenvalue weighted by Gasteiger charge is 2.12. The van der Waals surface area contributed by atoms with E-state index < -0.39 is 0 Å². The van der Waals surface area contributed by atoms with Gasteiger partial charge in [0.05, 0.1) is 12.2 Å². The van der Waals surface area contributed by atoms with Crippen LogP contribution in [0.15, 0.2) is 22.7 Å². The predicted octanol–water partition coefficient (Wildman–Crippen LogP) is 3.95. The van der Waals surface area contributed by atoms with E-state index in [1.54, 1.807) is 6.07 Å². The zero-order valence-electron chi connectivity index (χ0n) is 12.7. The van der Waals surface area contributed by atoms with Gasteiger partial charge in [-0.1, -0.05) is 28.9 Å². The molecule has 0 radical (unpaired) electrons. The summed E-state index contributed by atoms with van der Waals surface area (Å²) in [4.78, 5) is 0. The maximum Gasteiger partial charge on any atom is 0.124 e. The fraction of sp³-hybridized carbons (Fsp3) is 0.438. The molecular formula is C16H21BrFN3.